The third-order valence-corrected chi connectivity index (χ3v) is 4.85. The number of amides is 2. The van der Waals surface area contributed by atoms with Crippen molar-refractivity contribution in [1.29, 1.82) is 0 Å². The molecule has 0 unspecified atom stereocenters. The van der Waals surface area contributed by atoms with Crippen LogP contribution in [0.2, 0.25) is 0 Å². The summed E-state index contributed by atoms with van der Waals surface area (Å²) in [5, 5.41) is 0. The van der Waals surface area contributed by atoms with E-state index in [0.717, 1.165) is 5.69 Å². The van der Waals surface area contributed by atoms with Crippen LogP contribution in [-0.4, -0.2) is 63.0 Å². The maximum absolute atomic E-state index is 12.8. The predicted molar refractivity (Wildman–Crippen MR) is 76.0 cm³/mol. The second-order valence-corrected chi connectivity index (χ2v) is 6.15. The van der Waals surface area contributed by atoms with Gasteiger partial charge in [-0.1, -0.05) is 0 Å². The summed E-state index contributed by atoms with van der Waals surface area (Å²) in [5.74, 6) is 0.522. The van der Waals surface area contributed by atoms with Crippen molar-refractivity contribution in [2.45, 2.75) is 38.5 Å². The summed E-state index contributed by atoms with van der Waals surface area (Å²) >= 11 is 0. The van der Waals surface area contributed by atoms with E-state index in [1.54, 1.807) is 22.8 Å². The quantitative estimate of drug-likeness (QED) is 0.744. The highest BCUT2D eigenvalue weighted by atomic mass is 16.5. The van der Waals surface area contributed by atoms with E-state index in [1.165, 1.54) is 0 Å². The Morgan fingerprint density at radius 1 is 1.36 bits per heavy atom. The molecule has 2 atom stereocenters. The van der Waals surface area contributed by atoms with Crippen LogP contribution in [0.4, 0.5) is 0 Å². The molecule has 1 spiro atoms. The average Bonchev–Trinajstić information content (AvgIpc) is 3.09. The van der Waals surface area contributed by atoms with Crippen LogP contribution in [0.3, 0.4) is 0 Å². The lowest BCUT2D eigenvalue weighted by molar-refractivity contribution is -0.136. The maximum Gasteiger partial charge on any atom is 0.273 e. The number of carbonyl (C=O) groups is 2. The van der Waals surface area contributed by atoms with E-state index < -0.39 is 5.72 Å². The van der Waals surface area contributed by atoms with Crippen molar-refractivity contribution in [3.63, 3.8) is 0 Å². The molecule has 2 amide bonds. The number of aromatic nitrogens is 2. The largest absolute Gasteiger partial charge is 0.351 e. The molecule has 7 nitrogen and oxygen atoms in total. The van der Waals surface area contributed by atoms with Crippen molar-refractivity contribution in [3.8, 4) is 0 Å². The molecule has 1 aromatic rings. The molecule has 4 heterocycles. The highest BCUT2D eigenvalue weighted by Crippen LogP contribution is 2.45. The fourth-order valence-corrected chi connectivity index (χ4v) is 4.01. The summed E-state index contributed by atoms with van der Waals surface area (Å²) in [6.45, 7) is 5.39. The van der Waals surface area contributed by atoms with Crippen molar-refractivity contribution in [2.75, 3.05) is 19.7 Å². The molecule has 3 aliphatic rings. The first-order valence-electron chi connectivity index (χ1n) is 7.59. The summed E-state index contributed by atoms with van der Waals surface area (Å²) in [6.07, 6.45) is 1.02. The van der Waals surface area contributed by atoms with Gasteiger partial charge in [0, 0.05) is 25.2 Å². The van der Waals surface area contributed by atoms with Crippen LogP contribution in [0.15, 0.2) is 6.07 Å². The first-order chi connectivity index (χ1) is 10.5. The molecule has 3 fully saturated rings. The average molecular weight is 302 g/mol. The summed E-state index contributed by atoms with van der Waals surface area (Å²) in [5.41, 5.74) is 0.570. The maximum atomic E-state index is 12.8. The Labute approximate surface area is 128 Å². The van der Waals surface area contributed by atoms with Crippen LogP contribution >= 0.6 is 0 Å². The van der Waals surface area contributed by atoms with E-state index in [-0.39, 0.29) is 17.9 Å². The molecule has 0 aliphatic carbocycles. The van der Waals surface area contributed by atoms with Crippen molar-refractivity contribution < 1.29 is 14.3 Å². The Morgan fingerprint density at radius 3 is 2.95 bits per heavy atom. The molecule has 22 heavy (non-hydrogen) atoms. The predicted octanol–water partition coefficient (Wildman–Crippen LogP) is 0.267. The van der Waals surface area contributed by atoms with Gasteiger partial charge in [-0.15, -0.1) is 0 Å². The van der Waals surface area contributed by atoms with Gasteiger partial charge in [0.05, 0.1) is 19.1 Å². The van der Waals surface area contributed by atoms with Gasteiger partial charge in [-0.05, 0) is 19.9 Å². The molecule has 1 aromatic heterocycles. The molecule has 116 valence electrons. The number of ether oxygens (including phenoxy) is 1. The molecule has 7 heteroatoms. The van der Waals surface area contributed by atoms with Crippen LogP contribution in [0.1, 0.15) is 34.8 Å². The van der Waals surface area contributed by atoms with Gasteiger partial charge in [0.1, 0.15) is 11.5 Å². The minimum absolute atomic E-state index is 0.0787. The summed E-state index contributed by atoms with van der Waals surface area (Å²) in [4.78, 5) is 37.0. The Morgan fingerprint density at radius 2 is 2.18 bits per heavy atom. The van der Waals surface area contributed by atoms with Gasteiger partial charge in [-0.25, -0.2) is 9.97 Å². The number of aryl methyl sites for hydroxylation is 2. The van der Waals surface area contributed by atoms with Gasteiger partial charge in [0.25, 0.3) is 5.91 Å². The van der Waals surface area contributed by atoms with Gasteiger partial charge in [0.2, 0.25) is 5.91 Å². The van der Waals surface area contributed by atoms with Gasteiger partial charge < -0.3 is 14.5 Å². The zero-order valence-electron chi connectivity index (χ0n) is 12.7. The van der Waals surface area contributed by atoms with Crippen LogP contribution in [0, 0.1) is 13.8 Å². The Balaban J connectivity index is 1.67. The first-order valence-corrected chi connectivity index (χ1v) is 7.59. The lowest BCUT2D eigenvalue weighted by Crippen LogP contribution is -2.48. The first kappa shape index (κ1) is 13.6. The minimum atomic E-state index is -0.593. The highest BCUT2D eigenvalue weighted by Gasteiger charge is 2.63. The third-order valence-electron chi connectivity index (χ3n) is 4.85. The van der Waals surface area contributed by atoms with E-state index in [4.69, 9.17) is 4.74 Å². The molecular weight excluding hydrogens is 284 g/mol. The van der Waals surface area contributed by atoms with Crippen molar-refractivity contribution >= 4 is 11.8 Å². The minimum Gasteiger partial charge on any atom is -0.351 e. The number of hydrogen-bond donors (Lipinski definition) is 0. The van der Waals surface area contributed by atoms with E-state index in [1.807, 2.05) is 6.92 Å². The van der Waals surface area contributed by atoms with Gasteiger partial charge in [-0.3, -0.25) is 9.59 Å². The van der Waals surface area contributed by atoms with Crippen LogP contribution < -0.4 is 0 Å². The summed E-state index contributed by atoms with van der Waals surface area (Å²) < 4.78 is 5.90. The van der Waals surface area contributed by atoms with Gasteiger partial charge in [-0.2, -0.15) is 0 Å². The summed E-state index contributed by atoms with van der Waals surface area (Å²) in [6, 6.07) is 1.50. The van der Waals surface area contributed by atoms with E-state index in [0.29, 0.717) is 44.1 Å². The molecule has 0 bridgehead atoms. The second-order valence-electron chi connectivity index (χ2n) is 6.15. The Hall–Kier alpha value is -2.02. The lowest BCUT2D eigenvalue weighted by atomic mass is 10.1. The molecular formula is C15H18N4O3. The monoisotopic (exact) mass is 302 g/mol. The van der Waals surface area contributed by atoms with Crippen LogP contribution in [0.25, 0.3) is 0 Å². The third kappa shape index (κ3) is 1.71. The fraction of sp³-hybridized carbons (Fsp3) is 0.600. The smallest absolute Gasteiger partial charge is 0.273 e. The number of carbonyl (C=O) groups excluding carboxylic acids is 2. The zero-order chi connectivity index (χ0) is 15.5. The van der Waals surface area contributed by atoms with Crippen molar-refractivity contribution in [1.82, 2.24) is 19.8 Å². The topological polar surface area (TPSA) is 75.6 Å². The van der Waals surface area contributed by atoms with E-state index >= 15 is 0 Å². The van der Waals surface area contributed by atoms with Gasteiger partial charge in [0.15, 0.2) is 5.72 Å². The van der Waals surface area contributed by atoms with E-state index in [9.17, 15) is 9.59 Å². The summed E-state index contributed by atoms with van der Waals surface area (Å²) in [7, 11) is 0. The standard InChI is InChI=1S/C15H18N4O3/c1-9-7-11(17-10(2)16-9)14(21)18-4-3-15-12(18)8-13(20)19(15)5-6-22-15/h7,12H,3-6,8H2,1-2H3/t12-,15+/m1/s1. The molecule has 3 aliphatic heterocycles. The highest BCUT2D eigenvalue weighted by molar-refractivity contribution is 5.94. The number of hydrogen-bond acceptors (Lipinski definition) is 5. The molecule has 0 N–H and O–H groups in total. The normalized spacial score (nSPS) is 29.9. The van der Waals surface area contributed by atoms with Crippen LogP contribution in [-0.2, 0) is 9.53 Å². The number of likely N-dealkylation sites (tertiary alicyclic amines) is 1. The van der Waals surface area contributed by atoms with Crippen molar-refractivity contribution in [2.24, 2.45) is 0 Å². The molecule has 0 saturated carbocycles. The molecule has 4 rings (SSSR count). The Bertz CT molecular complexity index is 657. The second kappa shape index (κ2) is 4.49. The SMILES string of the molecule is Cc1cc(C(=O)N2CC[C@@]34OCCN3C(=O)C[C@@H]24)nc(C)n1. The van der Waals surface area contributed by atoms with Crippen molar-refractivity contribution in [3.05, 3.63) is 23.3 Å². The molecule has 3 saturated heterocycles. The van der Waals surface area contributed by atoms with Crippen LogP contribution in [0.5, 0.6) is 0 Å². The molecule has 0 radical (unpaired) electrons. The number of nitrogens with zero attached hydrogens (tertiary/aromatic N) is 4. The van der Waals surface area contributed by atoms with Gasteiger partial charge >= 0.3 is 0 Å². The lowest BCUT2D eigenvalue weighted by Gasteiger charge is -2.31. The zero-order valence-corrected chi connectivity index (χ0v) is 12.7. The Kier molecular flexibility index (Phi) is 2.78. The van der Waals surface area contributed by atoms with E-state index in [2.05, 4.69) is 9.97 Å². The fourth-order valence-electron chi connectivity index (χ4n) is 4.01. The molecule has 0 aromatic carbocycles. The number of rotatable bonds is 1.